The van der Waals surface area contributed by atoms with Crippen molar-refractivity contribution in [3.8, 4) is 0 Å². The normalized spacial score (nSPS) is 16.0. The smallest absolute Gasteiger partial charge is 0.159 e. The zero-order valence-electron chi connectivity index (χ0n) is 16.6. The van der Waals surface area contributed by atoms with Gasteiger partial charge >= 0.3 is 0 Å². The Labute approximate surface area is 176 Å². The van der Waals surface area contributed by atoms with Gasteiger partial charge in [-0.2, -0.15) is 0 Å². The van der Waals surface area contributed by atoms with E-state index in [4.69, 9.17) is 10.1 Å². The van der Waals surface area contributed by atoms with Crippen LogP contribution in [0.15, 0.2) is 77.8 Å². The van der Waals surface area contributed by atoms with Crippen molar-refractivity contribution in [2.45, 2.75) is 25.5 Å². The molecule has 3 aromatic rings. The molecule has 152 valence electrons. The first-order valence-electron chi connectivity index (χ1n) is 10.2. The number of hydrogen-bond acceptors (Lipinski definition) is 4. The molecule has 2 N–H and O–H groups in total. The maximum Gasteiger partial charge on any atom is 0.159 e. The van der Waals surface area contributed by atoms with Crippen LogP contribution in [-0.4, -0.2) is 24.8 Å². The van der Waals surface area contributed by atoms with Crippen LogP contribution in [-0.2, 0) is 4.74 Å². The Bertz CT molecular complexity index is 988. The molecule has 1 saturated heterocycles. The molecule has 0 radical (unpaired) electrons. The molecule has 1 fully saturated rings. The van der Waals surface area contributed by atoms with Gasteiger partial charge in [-0.15, -0.1) is 0 Å². The lowest BCUT2D eigenvalue weighted by molar-refractivity contribution is 0.0343. The van der Waals surface area contributed by atoms with E-state index in [9.17, 15) is 0 Å². The summed E-state index contributed by atoms with van der Waals surface area (Å²) in [5.74, 6) is -0.518. The van der Waals surface area contributed by atoms with Crippen molar-refractivity contribution in [3.63, 3.8) is 0 Å². The van der Waals surface area contributed by atoms with Gasteiger partial charge in [0.25, 0.3) is 0 Å². The lowest BCUT2D eigenvalue weighted by atomic mass is 10.0. The molecular formula is C25H24FN3O. The van der Waals surface area contributed by atoms with E-state index in [1.165, 1.54) is 0 Å². The van der Waals surface area contributed by atoms with E-state index in [0.717, 1.165) is 36.6 Å². The van der Waals surface area contributed by atoms with Crippen LogP contribution in [0.1, 0.15) is 36.0 Å². The van der Waals surface area contributed by atoms with Gasteiger partial charge in [-0.3, -0.25) is 0 Å². The first-order valence-corrected chi connectivity index (χ1v) is 10.2. The molecule has 0 bridgehead atoms. The van der Waals surface area contributed by atoms with Crippen molar-refractivity contribution >= 4 is 23.3 Å². The Balaban J connectivity index is 1.74. The van der Waals surface area contributed by atoms with Crippen LogP contribution in [0.25, 0.3) is 0 Å². The molecule has 0 spiro atoms. The molecule has 1 aliphatic heterocycles. The number of rotatable bonds is 6. The molecule has 3 aromatic carbocycles. The fourth-order valence-corrected chi connectivity index (χ4v) is 3.57. The van der Waals surface area contributed by atoms with Crippen LogP contribution in [0, 0.1) is 11.2 Å². The number of hydrogen-bond donors (Lipinski definition) is 2. The van der Waals surface area contributed by atoms with E-state index < -0.39 is 5.82 Å². The monoisotopic (exact) mass is 401 g/mol. The van der Waals surface area contributed by atoms with E-state index in [2.05, 4.69) is 10.3 Å². The van der Waals surface area contributed by atoms with Gasteiger partial charge in [0.15, 0.2) is 5.82 Å². The second-order valence-electron chi connectivity index (χ2n) is 7.20. The van der Waals surface area contributed by atoms with Crippen molar-refractivity contribution in [3.05, 3.63) is 95.3 Å². The summed E-state index contributed by atoms with van der Waals surface area (Å²) >= 11 is 0. The molecule has 1 aliphatic rings. The molecule has 5 heteroatoms. The van der Waals surface area contributed by atoms with Gasteiger partial charge in [-0.05, 0) is 31.4 Å². The predicted octanol–water partition coefficient (Wildman–Crippen LogP) is 5.93. The lowest BCUT2D eigenvalue weighted by Gasteiger charge is -2.25. The largest absolute Gasteiger partial charge is 0.360 e. The van der Waals surface area contributed by atoms with Crippen molar-refractivity contribution < 1.29 is 9.13 Å². The van der Waals surface area contributed by atoms with Crippen LogP contribution >= 0.6 is 0 Å². The number of anilines is 1. The number of halogens is 1. The highest BCUT2D eigenvalue weighted by molar-refractivity contribution is 6.14. The SMILES string of the molecule is N=Cc1c(NC2CCCCO2)ccc(N=C(c2ccccc2)c2ccccc2)c1F. The highest BCUT2D eigenvalue weighted by Gasteiger charge is 2.18. The van der Waals surface area contributed by atoms with E-state index in [1.54, 1.807) is 12.1 Å². The maximum atomic E-state index is 15.3. The third-order valence-corrected chi connectivity index (χ3v) is 5.13. The molecule has 0 amide bonds. The van der Waals surface area contributed by atoms with Gasteiger partial charge in [-0.25, -0.2) is 9.38 Å². The van der Waals surface area contributed by atoms with Crippen molar-refractivity contribution in [2.75, 3.05) is 11.9 Å². The summed E-state index contributed by atoms with van der Waals surface area (Å²) in [6, 6.07) is 22.9. The molecule has 1 heterocycles. The summed E-state index contributed by atoms with van der Waals surface area (Å²) in [7, 11) is 0. The van der Waals surface area contributed by atoms with Crippen LogP contribution in [0.2, 0.25) is 0 Å². The molecule has 0 aromatic heterocycles. The number of nitrogens with one attached hydrogen (secondary N) is 2. The summed E-state index contributed by atoms with van der Waals surface area (Å²) < 4.78 is 21.0. The lowest BCUT2D eigenvalue weighted by Crippen LogP contribution is -2.27. The minimum atomic E-state index is -0.518. The number of ether oxygens (including phenoxy) is 1. The zero-order valence-corrected chi connectivity index (χ0v) is 16.6. The number of benzene rings is 3. The second kappa shape index (κ2) is 9.46. The third kappa shape index (κ3) is 4.47. The van der Waals surface area contributed by atoms with E-state index in [0.29, 0.717) is 18.0 Å². The van der Waals surface area contributed by atoms with Gasteiger partial charge in [-0.1, -0.05) is 60.7 Å². The standard InChI is InChI=1S/C25H24FN3O/c26-24-20(17-27)21(28-23-13-7-8-16-30-23)14-15-22(24)29-25(18-9-3-1-4-10-18)19-11-5-2-6-12-19/h1-6,9-12,14-15,17,23,27-28H,7-8,13,16H2. The van der Waals surface area contributed by atoms with Crippen LogP contribution in [0.5, 0.6) is 0 Å². The average molecular weight is 401 g/mol. The van der Waals surface area contributed by atoms with Crippen molar-refractivity contribution in [1.82, 2.24) is 0 Å². The Morgan fingerprint density at radius 1 is 0.967 bits per heavy atom. The Hall–Kier alpha value is -3.31. The molecule has 4 rings (SSSR count). The zero-order chi connectivity index (χ0) is 20.8. The van der Waals surface area contributed by atoms with Gasteiger partial charge < -0.3 is 15.5 Å². The summed E-state index contributed by atoms with van der Waals surface area (Å²) in [5.41, 5.74) is 3.42. The van der Waals surface area contributed by atoms with Gasteiger partial charge in [0, 0.05) is 29.6 Å². The van der Waals surface area contributed by atoms with Crippen LogP contribution in [0.4, 0.5) is 15.8 Å². The van der Waals surface area contributed by atoms with E-state index in [-0.39, 0.29) is 17.5 Å². The minimum absolute atomic E-state index is 0.157. The minimum Gasteiger partial charge on any atom is -0.360 e. The van der Waals surface area contributed by atoms with Gasteiger partial charge in [0.1, 0.15) is 11.9 Å². The fraction of sp³-hybridized carbons (Fsp3) is 0.200. The Morgan fingerprint density at radius 2 is 1.63 bits per heavy atom. The number of aliphatic imine (C=N–C) groups is 1. The summed E-state index contributed by atoms with van der Waals surface area (Å²) in [6.07, 6.45) is 3.85. The van der Waals surface area contributed by atoms with Crippen molar-refractivity contribution in [2.24, 2.45) is 4.99 Å². The molecular weight excluding hydrogens is 377 g/mol. The fourth-order valence-electron chi connectivity index (χ4n) is 3.57. The topological polar surface area (TPSA) is 57.5 Å². The number of nitrogens with zero attached hydrogens (tertiary/aromatic N) is 1. The third-order valence-electron chi connectivity index (χ3n) is 5.13. The van der Waals surface area contributed by atoms with Gasteiger partial charge in [0.05, 0.1) is 11.3 Å². The van der Waals surface area contributed by atoms with E-state index in [1.807, 2.05) is 60.7 Å². The van der Waals surface area contributed by atoms with Crippen LogP contribution in [0.3, 0.4) is 0 Å². The summed E-state index contributed by atoms with van der Waals surface area (Å²) in [6.45, 7) is 0.694. The predicted molar refractivity (Wildman–Crippen MR) is 120 cm³/mol. The van der Waals surface area contributed by atoms with Crippen molar-refractivity contribution in [1.29, 1.82) is 5.41 Å². The molecule has 4 nitrogen and oxygen atoms in total. The first kappa shape index (κ1) is 20.0. The quantitative estimate of drug-likeness (QED) is 0.503. The molecule has 1 unspecified atom stereocenters. The second-order valence-corrected chi connectivity index (χ2v) is 7.20. The molecule has 1 atom stereocenters. The molecule has 0 aliphatic carbocycles. The molecule has 30 heavy (non-hydrogen) atoms. The summed E-state index contributed by atoms with van der Waals surface area (Å²) in [4.78, 5) is 4.67. The van der Waals surface area contributed by atoms with Gasteiger partial charge in [0.2, 0.25) is 0 Å². The Morgan fingerprint density at radius 3 is 2.20 bits per heavy atom. The Kier molecular flexibility index (Phi) is 6.30. The average Bonchev–Trinajstić information content (AvgIpc) is 2.81. The first-order chi connectivity index (χ1) is 14.8. The van der Waals surface area contributed by atoms with Crippen LogP contribution < -0.4 is 5.32 Å². The highest BCUT2D eigenvalue weighted by atomic mass is 19.1. The maximum absolute atomic E-state index is 15.3. The van der Waals surface area contributed by atoms with E-state index >= 15 is 4.39 Å². The summed E-state index contributed by atoms with van der Waals surface area (Å²) in [5, 5.41) is 11.0. The highest BCUT2D eigenvalue weighted by Crippen LogP contribution is 2.29. The molecule has 0 saturated carbocycles.